The number of nitrogens with two attached hydrogens (primary N) is 1. The topological polar surface area (TPSA) is 52.3 Å². The third kappa shape index (κ3) is 2.25. The van der Waals surface area contributed by atoms with Crippen molar-refractivity contribution in [3.05, 3.63) is 35.4 Å². The van der Waals surface area contributed by atoms with Gasteiger partial charge in [0.15, 0.2) is 5.78 Å². The number of ketones is 1. The Morgan fingerprint density at radius 1 is 1.40 bits per heavy atom. The number of Topliss-reactive ketones (excluding diaryl/α,β-unsaturated/α-hetero) is 1. The van der Waals surface area contributed by atoms with Crippen LogP contribution >= 0.6 is 0 Å². The summed E-state index contributed by atoms with van der Waals surface area (Å²) in [5.74, 6) is 0.241. The molecular formula is C12H15NO2. The molecule has 80 valence electrons. The normalized spacial score (nSPS) is 20.5. The molecule has 0 bridgehead atoms. The van der Waals surface area contributed by atoms with E-state index < -0.39 is 0 Å². The standard InChI is InChI=1S/C12H15NO2/c13-7-9-1-3-10(4-2-9)12(14)11-5-6-15-8-11/h1-4,11H,5-8,13H2. The molecule has 1 unspecified atom stereocenters. The van der Waals surface area contributed by atoms with Crippen LogP contribution in [0.5, 0.6) is 0 Å². The summed E-state index contributed by atoms with van der Waals surface area (Å²) in [5, 5.41) is 0. The second-order valence-electron chi connectivity index (χ2n) is 3.83. The van der Waals surface area contributed by atoms with Gasteiger partial charge in [0.25, 0.3) is 0 Å². The SMILES string of the molecule is NCc1ccc(C(=O)C2CCOC2)cc1. The summed E-state index contributed by atoms with van der Waals surface area (Å²) in [7, 11) is 0. The predicted octanol–water partition coefficient (Wildman–Crippen LogP) is 1.36. The van der Waals surface area contributed by atoms with E-state index in [2.05, 4.69) is 0 Å². The van der Waals surface area contributed by atoms with Crippen molar-refractivity contribution in [1.29, 1.82) is 0 Å². The Morgan fingerprint density at radius 2 is 2.13 bits per heavy atom. The fourth-order valence-electron chi connectivity index (χ4n) is 1.78. The molecule has 1 aromatic rings. The number of carbonyl (C=O) groups excluding carboxylic acids is 1. The lowest BCUT2D eigenvalue weighted by molar-refractivity contribution is 0.0900. The highest BCUT2D eigenvalue weighted by atomic mass is 16.5. The predicted molar refractivity (Wildman–Crippen MR) is 57.6 cm³/mol. The summed E-state index contributed by atoms with van der Waals surface area (Å²) >= 11 is 0. The van der Waals surface area contributed by atoms with E-state index in [1.165, 1.54) is 0 Å². The van der Waals surface area contributed by atoms with Crippen LogP contribution in [0.4, 0.5) is 0 Å². The smallest absolute Gasteiger partial charge is 0.168 e. The molecule has 0 aliphatic carbocycles. The third-order valence-corrected chi connectivity index (χ3v) is 2.77. The minimum absolute atomic E-state index is 0.0497. The lowest BCUT2D eigenvalue weighted by Crippen LogP contribution is -2.14. The van der Waals surface area contributed by atoms with Crippen molar-refractivity contribution in [2.75, 3.05) is 13.2 Å². The van der Waals surface area contributed by atoms with E-state index in [1.807, 2.05) is 24.3 Å². The lowest BCUT2D eigenvalue weighted by atomic mass is 9.96. The third-order valence-electron chi connectivity index (χ3n) is 2.77. The highest BCUT2D eigenvalue weighted by Crippen LogP contribution is 2.18. The molecule has 2 N–H and O–H groups in total. The van der Waals surface area contributed by atoms with E-state index in [4.69, 9.17) is 10.5 Å². The first-order valence-corrected chi connectivity index (χ1v) is 5.22. The van der Waals surface area contributed by atoms with Crippen molar-refractivity contribution in [3.8, 4) is 0 Å². The van der Waals surface area contributed by atoms with Gasteiger partial charge >= 0.3 is 0 Å². The van der Waals surface area contributed by atoms with Gasteiger partial charge in [-0.1, -0.05) is 24.3 Å². The van der Waals surface area contributed by atoms with Gasteiger partial charge < -0.3 is 10.5 Å². The first-order valence-electron chi connectivity index (χ1n) is 5.22. The van der Waals surface area contributed by atoms with Gasteiger partial charge in [0.05, 0.1) is 6.61 Å². The van der Waals surface area contributed by atoms with Crippen LogP contribution in [0.1, 0.15) is 22.3 Å². The maximum Gasteiger partial charge on any atom is 0.168 e. The van der Waals surface area contributed by atoms with Gasteiger partial charge in [-0.15, -0.1) is 0 Å². The van der Waals surface area contributed by atoms with Gasteiger partial charge in [-0.25, -0.2) is 0 Å². The fourth-order valence-corrected chi connectivity index (χ4v) is 1.78. The Kier molecular flexibility index (Phi) is 3.14. The van der Waals surface area contributed by atoms with Crippen LogP contribution in [0.15, 0.2) is 24.3 Å². The molecular weight excluding hydrogens is 190 g/mol. The van der Waals surface area contributed by atoms with E-state index in [0.29, 0.717) is 19.8 Å². The zero-order chi connectivity index (χ0) is 10.7. The van der Waals surface area contributed by atoms with E-state index >= 15 is 0 Å². The van der Waals surface area contributed by atoms with Crippen LogP contribution in [-0.2, 0) is 11.3 Å². The second-order valence-corrected chi connectivity index (χ2v) is 3.83. The van der Waals surface area contributed by atoms with Crippen LogP contribution in [-0.4, -0.2) is 19.0 Å². The zero-order valence-corrected chi connectivity index (χ0v) is 8.61. The number of hydrogen-bond donors (Lipinski definition) is 1. The molecule has 0 saturated carbocycles. The molecule has 1 aliphatic heterocycles. The Morgan fingerprint density at radius 3 is 2.67 bits per heavy atom. The van der Waals surface area contributed by atoms with Gasteiger partial charge in [-0.3, -0.25) is 4.79 Å². The summed E-state index contributed by atoms with van der Waals surface area (Å²) in [6, 6.07) is 7.51. The highest BCUT2D eigenvalue weighted by molar-refractivity contribution is 5.98. The molecule has 0 radical (unpaired) electrons. The Hall–Kier alpha value is -1.19. The molecule has 1 atom stereocenters. The van der Waals surface area contributed by atoms with Crippen LogP contribution < -0.4 is 5.73 Å². The van der Waals surface area contributed by atoms with Gasteiger partial charge in [-0.05, 0) is 12.0 Å². The molecule has 1 saturated heterocycles. The zero-order valence-electron chi connectivity index (χ0n) is 8.61. The maximum absolute atomic E-state index is 11.9. The minimum Gasteiger partial charge on any atom is -0.381 e. The van der Waals surface area contributed by atoms with Gasteiger partial charge in [0, 0.05) is 24.6 Å². The summed E-state index contributed by atoms with van der Waals surface area (Å²) in [5.41, 5.74) is 7.31. The summed E-state index contributed by atoms with van der Waals surface area (Å²) < 4.78 is 5.20. The van der Waals surface area contributed by atoms with Crippen molar-refractivity contribution in [3.63, 3.8) is 0 Å². The summed E-state index contributed by atoms with van der Waals surface area (Å²) in [6.45, 7) is 1.79. The highest BCUT2D eigenvalue weighted by Gasteiger charge is 2.24. The maximum atomic E-state index is 11.9. The van der Waals surface area contributed by atoms with Crippen molar-refractivity contribution in [2.24, 2.45) is 11.7 Å². The molecule has 0 spiro atoms. The van der Waals surface area contributed by atoms with Crippen molar-refractivity contribution in [2.45, 2.75) is 13.0 Å². The first-order chi connectivity index (χ1) is 7.31. The lowest BCUT2D eigenvalue weighted by Gasteiger charge is -2.06. The second kappa shape index (κ2) is 4.55. The average molecular weight is 205 g/mol. The van der Waals surface area contributed by atoms with Gasteiger partial charge in [0.2, 0.25) is 0 Å². The van der Waals surface area contributed by atoms with Crippen LogP contribution in [0.3, 0.4) is 0 Å². The molecule has 3 nitrogen and oxygen atoms in total. The molecule has 3 heteroatoms. The van der Waals surface area contributed by atoms with E-state index in [-0.39, 0.29) is 11.7 Å². The largest absolute Gasteiger partial charge is 0.381 e. The molecule has 1 fully saturated rings. The Labute approximate surface area is 89.2 Å². The monoisotopic (exact) mass is 205 g/mol. The molecule has 1 heterocycles. The van der Waals surface area contributed by atoms with Crippen LogP contribution in [0, 0.1) is 5.92 Å². The van der Waals surface area contributed by atoms with E-state index in [9.17, 15) is 4.79 Å². The minimum atomic E-state index is 0.0497. The van der Waals surface area contributed by atoms with E-state index in [1.54, 1.807) is 0 Å². The van der Waals surface area contributed by atoms with Crippen molar-refractivity contribution < 1.29 is 9.53 Å². The van der Waals surface area contributed by atoms with Crippen molar-refractivity contribution >= 4 is 5.78 Å². The van der Waals surface area contributed by atoms with E-state index in [0.717, 1.165) is 17.5 Å². The number of ether oxygens (including phenoxy) is 1. The number of rotatable bonds is 3. The molecule has 0 aromatic heterocycles. The summed E-state index contributed by atoms with van der Waals surface area (Å²) in [6.07, 6.45) is 0.845. The van der Waals surface area contributed by atoms with Gasteiger partial charge in [-0.2, -0.15) is 0 Å². The average Bonchev–Trinajstić information content (AvgIpc) is 2.82. The molecule has 1 aliphatic rings. The number of carbonyl (C=O) groups is 1. The molecule has 1 aromatic carbocycles. The molecule has 2 rings (SSSR count). The molecule has 15 heavy (non-hydrogen) atoms. The Bertz CT molecular complexity index is 339. The summed E-state index contributed by atoms with van der Waals surface area (Å²) in [4.78, 5) is 11.9. The van der Waals surface area contributed by atoms with Crippen molar-refractivity contribution in [1.82, 2.24) is 0 Å². The number of benzene rings is 1. The van der Waals surface area contributed by atoms with Gasteiger partial charge in [0.1, 0.15) is 0 Å². The quantitative estimate of drug-likeness (QED) is 0.758. The van der Waals surface area contributed by atoms with Crippen LogP contribution in [0.25, 0.3) is 0 Å². The molecule has 0 amide bonds. The van der Waals surface area contributed by atoms with Crippen LogP contribution in [0.2, 0.25) is 0 Å². The number of hydrogen-bond acceptors (Lipinski definition) is 3. The first kappa shape index (κ1) is 10.3. The fraction of sp³-hybridized carbons (Fsp3) is 0.417. The Balaban J connectivity index is 2.11.